The summed E-state index contributed by atoms with van der Waals surface area (Å²) >= 11 is 2.97. The molecule has 0 atom stereocenters. The molecule has 0 saturated carbocycles. The monoisotopic (exact) mass is 289 g/mol. The molecular formula is C10H6BrF2NO2. The number of hydrogen-bond acceptors (Lipinski definition) is 2. The highest BCUT2D eigenvalue weighted by Crippen LogP contribution is 2.29. The van der Waals surface area contributed by atoms with Gasteiger partial charge in [0.25, 0.3) is 5.56 Å². The molecule has 3 nitrogen and oxygen atoms in total. The lowest BCUT2D eigenvalue weighted by Gasteiger charge is -2.07. The summed E-state index contributed by atoms with van der Waals surface area (Å²) in [4.78, 5) is 13.3. The minimum Gasteiger partial charge on any atom is -0.493 e. The summed E-state index contributed by atoms with van der Waals surface area (Å²) < 4.78 is 31.9. The molecule has 6 heteroatoms. The number of halogens is 3. The number of H-pyrrole nitrogens is 1. The molecule has 1 heterocycles. The van der Waals surface area contributed by atoms with E-state index >= 15 is 0 Å². The summed E-state index contributed by atoms with van der Waals surface area (Å²) in [5.41, 5.74) is -1.10. The van der Waals surface area contributed by atoms with E-state index in [0.717, 1.165) is 0 Å². The van der Waals surface area contributed by atoms with E-state index in [4.69, 9.17) is 4.74 Å². The van der Waals surface area contributed by atoms with E-state index in [0.29, 0.717) is 0 Å². The third kappa shape index (κ3) is 1.49. The summed E-state index contributed by atoms with van der Waals surface area (Å²) in [5, 5.41) is 0.181. The van der Waals surface area contributed by atoms with Crippen molar-refractivity contribution in [3.63, 3.8) is 0 Å². The van der Waals surface area contributed by atoms with Crippen molar-refractivity contribution in [3.8, 4) is 5.75 Å². The summed E-state index contributed by atoms with van der Waals surface area (Å²) in [6.07, 6.45) is 0. The van der Waals surface area contributed by atoms with Crippen LogP contribution in [0.4, 0.5) is 8.78 Å². The molecule has 0 unspecified atom stereocenters. The molecule has 0 fully saturated rings. The Morgan fingerprint density at radius 3 is 2.62 bits per heavy atom. The molecule has 2 rings (SSSR count). The molecule has 0 aliphatic carbocycles. The molecule has 0 saturated heterocycles. The maximum atomic E-state index is 13.6. The topological polar surface area (TPSA) is 42.1 Å². The summed E-state index contributed by atoms with van der Waals surface area (Å²) in [7, 11) is 1.22. The zero-order valence-electron chi connectivity index (χ0n) is 8.11. The van der Waals surface area contributed by atoms with Crippen LogP contribution in [0.1, 0.15) is 0 Å². The van der Waals surface area contributed by atoms with Gasteiger partial charge in [-0.1, -0.05) is 0 Å². The van der Waals surface area contributed by atoms with E-state index in [2.05, 4.69) is 20.9 Å². The first-order chi connectivity index (χ1) is 7.56. The van der Waals surface area contributed by atoms with Crippen LogP contribution in [-0.4, -0.2) is 12.1 Å². The second-order valence-electron chi connectivity index (χ2n) is 3.09. The molecule has 0 bridgehead atoms. The van der Waals surface area contributed by atoms with Gasteiger partial charge >= 0.3 is 0 Å². The van der Waals surface area contributed by atoms with Crippen LogP contribution in [0.5, 0.6) is 5.75 Å². The van der Waals surface area contributed by atoms with E-state index < -0.39 is 17.2 Å². The zero-order valence-corrected chi connectivity index (χ0v) is 9.69. The van der Waals surface area contributed by atoms with E-state index in [9.17, 15) is 13.6 Å². The number of ether oxygens (including phenoxy) is 1. The molecule has 0 amide bonds. The molecule has 0 radical (unpaired) electrons. The molecule has 1 N–H and O–H groups in total. The Kier molecular flexibility index (Phi) is 2.67. The number of hydrogen-bond donors (Lipinski definition) is 1. The van der Waals surface area contributed by atoms with E-state index in [1.807, 2.05) is 0 Å². The molecule has 1 aromatic carbocycles. The van der Waals surface area contributed by atoms with Crippen LogP contribution >= 0.6 is 15.9 Å². The standard InChI is InChI=1S/C10H6BrF2NO2/c1-16-9-4-2-3-5(11)6(12)8(4)14-10(15)7(9)13/h2-3H,1H3,(H,14,15). The largest absolute Gasteiger partial charge is 0.493 e. The maximum absolute atomic E-state index is 13.6. The van der Waals surface area contributed by atoms with Crippen molar-refractivity contribution in [2.75, 3.05) is 7.11 Å². The van der Waals surface area contributed by atoms with Gasteiger partial charge in [0.05, 0.1) is 17.1 Å². The first kappa shape index (κ1) is 11.1. The third-order valence-electron chi connectivity index (χ3n) is 2.18. The van der Waals surface area contributed by atoms with Crippen molar-refractivity contribution in [3.05, 3.63) is 38.6 Å². The Hall–Kier alpha value is -1.43. The Morgan fingerprint density at radius 2 is 2.00 bits per heavy atom. The smallest absolute Gasteiger partial charge is 0.288 e. The predicted molar refractivity (Wildman–Crippen MR) is 58.7 cm³/mol. The first-order valence-corrected chi connectivity index (χ1v) is 5.09. The first-order valence-electron chi connectivity index (χ1n) is 4.29. The lowest BCUT2D eigenvalue weighted by molar-refractivity contribution is 0.388. The van der Waals surface area contributed by atoms with E-state index in [1.54, 1.807) is 0 Å². The van der Waals surface area contributed by atoms with Crippen molar-refractivity contribution in [2.45, 2.75) is 0 Å². The quantitative estimate of drug-likeness (QED) is 0.877. The van der Waals surface area contributed by atoms with Crippen molar-refractivity contribution >= 4 is 26.8 Å². The summed E-state index contributed by atoms with van der Waals surface area (Å²) in [6, 6.07) is 2.87. The highest BCUT2D eigenvalue weighted by molar-refractivity contribution is 9.10. The number of pyridine rings is 1. The van der Waals surface area contributed by atoms with Gasteiger partial charge in [0.15, 0.2) is 11.6 Å². The van der Waals surface area contributed by atoms with E-state index in [1.165, 1.54) is 19.2 Å². The fourth-order valence-corrected chi connectivity index (χ4v) is 1.78. The fourth-order valence-electron chi connectivity index (χ4n) is 1.45. The van der Waals surface area contributed by atoms with Crippen LogP contribution in [0, 0.1) is 11.6 Å². The van der Waals surface area contributed by atoms with Gasteiger partial charge in [-0.25, -0.2) is 4.39 Å². The van der Waals surface area contributed by atoms with Gasteiger partial charge in [-0.05, 0) is 28.1 Å². The third-order valence-corrected chi connectivity index (χ3v) is 2.79. The average molecular weight is 290 g/mol. The highest BCUT2D eigenvalue weighted by Gasteiger charge is 2.16. The Bertz CT molecular complexity index is 624. The van der Waals surface area contributed by atoms with Gasteiger partial charge in [-0.3, -0.25) is 4.79 Å². The second-order valence-corrected chi connectivity index (χ2v) is 3.94. The lowest BCUT2D eigenvalue weighted by atomic mass is 10.2. The Balaban J connectivity index is 3.02. The molecule has 0 aliphatic rings. The van der Waals surface area contributed by atoms with Crippen molar-refractivity contribution in [1.82, 2.24) is 4.98 Å². The number of rotatable bonds is 1. The normalized spacial score (nSPS) is 10.8. The Morgan fingerprint density at radius 1 is 1.31 bits per heavy atom. The molecule has 0 spiro atoms. The molecule has 16 heavy (non-hydrogen) atoms. The Labute approximate surface area is 97.2 Å². The van der Waals surface area contributed by atoms with Gasteiger partial charge < -0.3 is 9.72 Å². The van der Waals surface area contributed by atoms with E-state index in [-0.39, 0.29) is 21.1 Å². The SMILES string of the molecule is COc1c(F)c(=O)[nH]c2c(F)c(Br)ccc12. The average Bonchev–Trinajstić information content (AvgIpc) is 2.27. The maximum Gasteiger partial charge on any atom is 0.288 e. The van der Waals surface area contributed by atoms with Crippen molar-refractivity contribution in [2.24, 2.45) is 0 Å². The molecule has 2 aromatic rings. The van der Waals surface area contributed by atoms with Crippen LogP contribution < -0.4 is 10.3 Å². The molecule has 84 valence electrons. The summed E-state index contributed by atoms with van der Waals surface area (Å²) in [5.74, 6) is -1.98. The molecular weight excluding hydrogens is 284 g/mol. The van der Waals surface area contributed by atoms with Crippen LogP contribution in [0.25, 0.3) is 10.9 Å². The predicted octanol–water partition coefficient (Wildman–Crippen LogP) is 2.58. The number of nitrogens with one attached hydrogen (secondary N) is 1. The highest BCUT2D eigenvalue weighted by atomic mass is 79.9. The van der Waals surface area contributed by atoms with Gasteiger partial charge in [0.1, 0.15) is 0 Å². The molecule has 0 aliphatic heterocycles. The number of benzene rings is 1. The second kappa shape index (κ2) is 3.86. The number of aromatic nitrogens is 1. The van der Waals surface area contributed by atoms with Gasteiger partial charge in [0, 0.05) is 5.39 Å². The minimum absolute atomic E-state index is 0.0855. The zero-order chi connectivity index (χ0) is 11.9. The van der Waals surface area contributed by atoms with Crippen molar-refractivity contribution in [1.29, 1.82) is 0 Å². The molecule has 1 aromatic heterocycles. The number of fused-ring (bicyclic) bond motifs is 1. The van der Waals surface area contributed by atoms with Crippen molar-refractivity contribution < 1.29 is 13.5 Å². The van der Waals surface area contributed by atoms with Crippen LogP contribution in [0.2, 0.25) is 0 Å². The van der Waals surface area contributed by atoms with Crippen LogP contribution in [0.3, 0.4) is 0 Å². The van der Waals surface area contributed by atoms with Gasteiger partial charge in [0.2, 0.25) is 5.82 Å². The summed E-state index contributed by atoms with van der Waals surface area (Å²) in [6.45, 7) is 0. The number of methoxy groups -OCH3 is 1. The minimum atomic E-state index is -1.06. The van der Waals surface area contributed by atoms with Gasteiger partial charge in [-0.2, -0.15) is 4.39 Å². The van der Waals surface area contributed by atoms with Crippen LogP contribution in [0.15, 0.2) is 21.4 Å². The lowest BCUT2D eigenvalue weighted by Crippen LogP contribution is -2.13. The number of aromatic amines is 1. The van der Waals surface area contributed by atoms with Crippen LogP contribution in [-0.2, 0) is 0 Å². The fraction of sp³-hybridized carbons (Fsp3) is 0.100. The van der Waals surface area contributed by atoms with Gasteiger partial charge in [-0.15, -0.1) is 0 Å².